The SMILES string of the molecule is COc1ccc(C2(O)C3CCCC2CN(Cc2cc(OC)ccc2OC)C3)cc1. The zero-order valence-corrected chi connectivity index (χ0v) is 17.6. The molecule has 0 spiro atoms. The van der Waals surface area contributed by atoms with Crippen molar-refractivity contribution >= 4 is 0 Å². The Labute approximate surface area is 173 Å². The van der Waals surface area contributed by atoms with Crippen molar-refractivity contribution in [1.82, 2.24) is 4.90 Å². The minimum Gasteiger partial charge on any atom is -0.497 e. The van der Waals surface area contributed by atoms with E-state index in [9.17, 15) is 5.11 Å². The number of ether oxygens (including phenoxy) is 3. The van der Waals surface area contributed by atoms with E-state index < -0.39 is 5.60 Å². The van der Waals surface area contributed by atoms with Gasteiger partial charge < -0.3 is 19.3 Å². The number of methoxy groups -OCH3 is 3. The lowest BCUT2D eigenvalue weighted by atomic mass is 9.62. The molecule has 29 heavy (non-hydrogen) atoms. The third-order valence-electron chi connectivity index (χ3n) is 6.74. The summed E-state index contributed by atoms with van der Waals surface area (Å²) in [6, 6.07) is 13.9. The van der Waals surface area contributed by atoms with Crippen LogP contribution >= 0.6 is 0 Å². The van der Waals surface area contributed by atoms with E-state index in [0.717, 1.165) is 60.9 Å². The van der Waals surface area contributed by atoms with Crippen molar-refractivity contribution < 1.29 is 19.3 Å². The second-order valence-electron chi connectivity index (χ2n) is 8.25. The Morgan fingerprint density at radius 2 is 1.52 bits per heavy atom. The smallest absolute Gasteiger partial charge is 0.123 e. The van der Waals surface area contributed by atoms with Gasteiger partial charge in [0.05, 0.1) is 26.9 Å². The molecular weight excluding hydrogens is 366 g/mol. The van der Waals surface area contributed by atoms with E-state index in [4.69, 9.17) is 14.2 Å². The first-order valence-corrected chi connectivity index (χ1v) is 10.4. The van der Waals surface area contributed by atoms with Crippen LogP contribution in [0.4, 0.5) is 0 Å². The Kier molecular flexibility index (Phi) is 5.70. The lowest BCUT2D eigenvalue weighted by Gasteiger charge is -2.53. The number of hydrogen-bond donors (Lipinski definition) is 1. The zero-order chi connectivity index (χ0) is 20.4. The van der Waals surface area contributed by atoms with E-state index in [0.29, 0.717) is 0 Å². The molecule has 2 fully saturated rings. The molecule has 1 saturated heterocycles. The fraction of sp³-hybridized carbons (Fsp3) is 0.500. The minimum atomic E-state index is -0.764. The summed E-state index contributed by atoms with van der Waals surface area (Å²) in [5.74, 6) is 2.99. The van der Waals surface area contributed by atoms with Gasteiger partial charge in [0.1, 0.15) is 17.2 Å². The lowest BCUT2D eigenvalue weighted by Crippen LogP contribution is -2.57. The molecule has 1 N–H and O–H groups in total. The van der Waals surface area contributed by atoms with E-state index in [1.807, 2.05) is 36.4 Å². The topological polar surface area (TPSA) is 51.2 Å². The van der Waals surface area contributed by atoms with Gasteiger partial charge in [-0.25, -0.2) is 0 Å². The number of aliphatic hydroxyl groups is 1. The lowest BCUT2D eigenvalue weighted by molar-refractivity contribution is -0.148. The highest BCUT2D eigenvalue weighted by Gasteiger charge is 2.51. The summed E-state index contributed by atoms with van der Waals surface area (Å²) in [6.45, 7) is 2.55. The number of piperidine rings is 1. The van der Waals surface area contributed by atoms with Crippen molar-refractivity contribution in [2.45, 2.75) is 31.4 Å². The molecule has 0 aromatic heterocycles. The Balaban J connectivity index is 1.57. The Morgan fingerprint density at radius 3 is 2.10 bits per heavy atom. The average molecular weight is 398 g/mol. The molecule has 2 unspecified atom stereocenters. The highest BCUT2D eigenvalue weighted by molar-refractivity contribution is 5.40. The van der Waals surface area contributed by atoms with Crippen LogP contribution in [0.15, 0.2) is 42.5 Å². The molecule has 5 heteroatoms. The average Bonchev–Trinajstić information content (AvgIpc) is 2.74. The van der Waals surface area contributed by atoms with E-state index >= 15 is 0 Å². The van der Waals surface area contributed by atoms with Crippen LogP contribution in [-0.4, -0.2) is 44.4 Å². The summed E-state index contributed by atoms with van der Waals surface area (Å²) in [5.41, 5.74) is 1.38. The van der Waals surface area contributed by atoms with Gasteiger partial charge in [0.15, 0.2) is 0 Å². The first-order chi connectivity index (χ1) is 14.1. The molecule has 2 aliphatic rings. The largest absolute Gasteiger partial charge is 0.497 e. The molecule has 1 saturated carbocycles. The van der Waals surface area contributed by atoms with Gasteiger partial charge in [0.2, 0.25) is 0 Å². The van der Waals surface area contributed by atoms with Crippen LogP contribution in [0.5, 0.6) is 17.2 Å². The van der Waals surface area contributed by atoms with Crippen molar-refractivity contribution in [3.63, 3.8) is 0 Å². The first kappa shape index (κ1) is 20.0. The summed E-state index contributed by atoms with van der Waals surface area (Å²) >= 11 is 0. The number of nitrogens with zero attached hydrogens (tertiary/aromatic N) is 1. The predicted octanol–water partition coefficient (Wildman–Crippen LogP) is 3.83. The number of rotatable bonds is 6. The highest BCUT2D eigenvalue weighted by Crippen LogP contribution is 2.49. The van der Waals surface area contributed by atoms with Crippen LogP contribution in [0.3, 0.4) is 0 Å². The zero-order valence-electron chi connectivity index (χ0n) is 17.6. The molecule has 2 aromatic carbocycles. The van der Waals surface area contributed by atoms with Crippen LogP contribution in [0.1, 0.15) is 30.4 Å². The highest BCUT2D eigenvalue weighted by atomic mass is 16.5. The summed E-state index contributed by atoms with van der Waals surface area (Å²) in [4.78, 5) is 2.46. The van der Waals surface area contributed by atoms with Gasteiger partial charge in [-0.05, 0) is 48.7 Å². The van der Waals surface area contributed by atoms with Gasteiger partial charge in [-0.3, -0.25) is 4.90 Å². The molecule has 5 nitrogen and oxygen atoms in total. The molecule has 0 radical (unpaired) electrons. The molecule has 4 rings (SSSR count). The van der Waals surface area contributed by atoms with Crippen LogP contribution in [0, 0.1) is 11.8 Å². The summed E-state index contributed by atoms with van der Waals surface area (Å²) in [5, 5.41) is 11.8. The van der Waals surface area contributed by atoms with E-state index in [-0.39, 0.29) is 11.8 Å². The Bertz CT molecular complexity index is 821. The van der Waals surface area contributed by atoms with Crippen molar-refractivity contribution in [2.75, 3.05) is 34.4 Å². The quantitative estimate of drug-likeness (QED) is 0.803. The fourth-order valence-corrected chi connectivity index (χ4v) is 5.25. The van der Waals surface area contributed by atoms with Crippen molar-refractivity contribution in [2.24, 2.45) is 11.8 Å². The standard InChI is InChI=1S/C24H31NO4/c1-27-21-9-7-18(8-10-21)24(26)19-5-4-6-20(24)16-25(15-19)14-17-13-22(28-2)11-12-23(17)29-3/h7-13,19-20,26H,4-6,14-16H2,1-3H3. The van der Waals surface area contributed by atoms with Gasteiger partial charge >= 0.3 is 0 Å². The Hall–Kier alpha value is -2.24. The van der Waals surface area contributed by atoms with Crippen LogP contribution < -0.4 is 14.2 Å². The molecule has 2 aromatic rings. The maximum absolute atomic E-state index is 11.8. The van der Waals surface area contributed by atoms with Gasteiger partial charge in [0, 0.05) is 37.0 Å². The van der Waals surface area contributed by atoms with Crippen molar-refractivity contribution in [3.05, 3.63) is 53.6 Å². The molecule has 1 aliphatic carbocycles. The van der Waals surface area contributed by atoms with Crippen LogP contribution in [-0.2, 0) is 12.1 Å². The molecule has 156 valence electrons. The number of benzene rings is 2. The number of fused-ring (bicyclic) bond motifs is 2. The third kappa shape index (κ3) is 3.69. The second-order valence-corrected chi connectivity index (χ2v) is 8.25. The minimum absolute atomic E-state index is 0.222. The summed E-state index contributed by atoms with van der Waals surface area (Å²) in [6.07, 6.45) is 3.28. The summed E-state index contributed by atoms with van der Waals surface area (Å²) < 4.78 is 16.3. The monoisotopic (exact) mass is 397 g/mol. The van der Waals surface area contributed by atoms with Gasteiger partial charge in [0.25, 0.3) is 0 Å². The molecule has 0 amide bonds. The number of likely N-dealkylation sites (tertiary alicyclic amines) is 1. The first-order valence-electron chi connectivity index (χ1n) is 10.4. The Morgan fingerprint density at radius 1 is 0.897 bits per heavy atom. The van der Waals surface area contributed by atoms with Crippen molar-refractivity contribution in [3.8, 4) is 17.2 Å². The van der Waals surface area contributed by atoms with Gasteiger partial charge in [-0.1, -0.05) is 18.6 Å². The van der Waals surface area contributed by atoms with Crippen molar-refractivity contribution in [1.29, 1.82) is 0 Å². The molecule has 2 bridgehead atoms. The third-order valence-corrected chi connectivity index (χ3v) is 6.74. The maximum atomic E-state index is 11.8. The normalized spacial score (nSPS) is 26.8. The fourth-order valence-electron chi connectivity index (χ4n) is 5.25. The molecule has 1 aliphatic heterocycles. The van der Waals surface area contributed by atoms with Gasteiger partial charge in [-0.2, -0.15) is 0 Å². The van der Waals surface area contributed by atoms with E-state index in [1.54, 1.807) is 21.3 Å². The van der Waals surface area contributed by atoms with E-state index in [1.165, 1.54) is 6.42 Å². The number of hydrogen-bond acceptors (Lipinski definition) is 5. The van der Waals surface area contributed by atoms with E-state index in [2.05, 4.69) is 11.0 Å². The van der Waals surface area contributed by atoms with Crippen LogP contribution in [0.25, 0.3) is 0 Å². The molecule has 1 heterocycles. The summed E-state index contributed by atoms with van der Waals surface area (Å²) in [7, 11) is 5.06. The molecule has 2 atom stereocenters. The van der Waals surface area contributed by atoms with Gasteiger partial charge in [-0.15, -0.1) is 0 Å². The molecular formula is C24H31NO4. The predicted molar refractivity (Wildman–Crippen MR) is 113 cm³/mol. The maximum Gasteiger partial charge on any atom is 0.123 e. The second kappa shape index (κ2) is 8.25. The van der Waals surface area contributed by atoms with Crippen LogP contribution in [0.2, 0.25) is 0 Å².